The molecular formula is C30H32N4O8. The van der Waals surface area contributed by atoms with E-state index in [1.165, 1.54) is 25.0 Å². The van der Waals surface area contributed by atoms with Gasteiger partial charge in [-0.1, -0.05) is 18.2 Å². The summed E-state index contributed by atoms with van der Waals surface area (Å²) in [6.45, 7) is 1.30. The van der Waals surface area contributed by atoms with Crippen LogP contribution in [0.4, 0.5) is 0 Å². The lowest BCUT2D eigenvalue weighted by Crippen LogP contribution is -2.79. The molecule has 4 atom stereocenters. The van der Waals surface area contributed by atoms with Crippen LogP contribution in [0.5, 0.6) is 5.75 Å². The number of ether oxygens (including phenoxy) is 1. The van der Waals surface area contributed by atoms with E-state index in [9.17, 15) is 34.5 Å². The molecule has 0 spiro atoms. The maximum Gasteiger partial charge on any atom is 0.337 e. The normalized spacial score (nSPS) is 28.8. The molecule has 5 rings (SSSR count). The smallest absolute Gasteiger partial charge is 0.337 e. The van der Waals surface area contributed by atoms with Crippen molar-refractivity contribution in [3.8, 4) is 16.9 Å². The molecule has 42 heavy (non-hydrogen) atoms. The van der Waals surface area contributed by atoms with E-state index in [4.69, 9.17) is 21.9 Å². The number of aliphatic hydroxyl groups is 2. The Bertz CT molecular complexity index is 1660. The molecule has 0 saturated heterocycles. The van der Waals surface area contributed by atoms with Gasteiger partial charge in [-0.05, 0) is 68.8 Å². The molecule has 0 unspecified atom stereocenters. The molecule has 1 saturated carbocycles. The fourth-order valence-corrected chi connectivity index (χ4v) is 7.04. The number of ketones is 2. The third-order valence-corrected chi connectivity index (χ3v) is 9.05. The molecule has 2 aromatic carbocycles. The number of fused-ring (bicyclic) bond motifs is 3. The van der Waals surface area contributed by atoms with Crippen LogP contribution in [0.1, 0.15) is 34.8 Å². The van der Waals surface area contributed by atoms with E-state index in [0.717, 1.165) is 0 Å². The number of likely N-dealkylation sites (N-methyl/N-ethyl adjacent to an activating group) is 1. The van der Waals surface area contributed by atoms with Crippen molar-refractivity contribution in [1.82, 2.24) is 4.90 Å². The van der Waals surface area contributed by atoms with Crippen molar-refractivity contribution in [3.63, 3.8) is 0 Å². The van der Waals surface area contributed by atoms with E-state index >= 15 is 0 Å². The van der Waals surface area contributed by atoms with Gasteiger partial charge in [0.05, 0.1) is 40.9 Å². The Kier molecular flexibility index (Phi) is 6.38. The number of nitrogens with two attached hydrogens (primary N) is 3. The molecular weight excluding hydrogens is 544 g/mol. The van der Waals surface area contributed by atoms with Crippen LogP contribution in [-0.2, 0) is 25.5 Å². The quantitative estimate of drug-likeness (QED) is 0.221. The van der Waals surface area contributed by atoms with Gasteiger partial charge in [0.2, 0.25) is 0 Å². The fourth-order valence-electron chi connectivity index (χ4n) is 7.04. The Labute approximate surface area is 241 Å². The summed E-state index contributed by atoms with van der Waals surface area (Å²) in [7, 11) is 4.35. The fraction of sp³-hybridized carbons (Fsp3) is 0.333. The van der Waals surface area contributed by atoms with E-state index in [1.54, 1.807) is 44.4 Å². The second-order valence-electron chi connectivity index (χ2n) is 11.6. The number of phenols is 1. The second-order valence-corrected chi connectivity index (χ2v) is 11.6. The van der Waals surface area contributed by atoms with Gasteiger partial charge in [0.25, 0.3) is 5.91 Å². The first-order chi connectivity index (χ1) is 19.5. The van der Waals surface area contributed by atoms with E-state index in [2.05, 4.69) is 0 Å². The highest BCUT2D eigenvalue weighted by atomic mass is 16.5. The number of nitrogens with zero attached hydrogens (tertiary/aromatic N) is 1. The van der Waals surface area contributed by atoms with Crippen molar-refractivity contribution in [3.05, 3.63) is 70.0 Å². The third kappa shape index (κ3) is 3.58. The monoisotopic (exact) mass is 576 g/mol. The minimum Gasteiger partial charge on any atom is -0.510 e. The lowest BCUT2D eigenvalue weighted by Gasteiger charge is -2.60. The number of aliphatic hydroxyl groups excluding tert-OH is 2. The summed E-state index contributed by atoms with van der Waals surface area (Å²) in [4.78, 5) is 53.6. The van der Waals surface area contributed by atoms with Crippen LogP contribution in [0.25, 0.3) is 16.9 Å². The molecule has 1 fully saturated rings. The zero-order chi connectivity index (χ0) is 31.1. The number of carbonyl (C=O) groups excluding carboxylic acids is 4. The van der Waals surface area contributed by atoms with Gasteiger partial charge in [0.15, 0.2) is 11.6 Å². The van der Waals surface area contributed by atoms with Crippen molar-refractivity contribution in [2.45, 2.75) is 36.9 Å². The number of phenolic OH excluding ortho intramolecular Hbond substituents is 1. The summed E-state index contributed by atoms with van der Waals surface area (Å²) in [6.07, 6.45) is -0.366. The Hall–Kier alpha value is -4.52. The van der Waals surface area contributed by atoms with Gasteiger partial charge in [-0.2, -0.15) is 0 Å². The Morgan fingerprint density at radius 3 is 2.19 bits per heavy atom. The number of primary amides is 1. The molecule has 0 heterocycles. The van der Waals surface area contributed by atoms with Crippen LogP contribution in [-0.4, -0.2) is 82.0 Å². The molecule has 0 bridgehead atoms. The number of rotatable bonds is 4. The molecule has 9 N–H and O–H groups in total. The number of methoxy groups -OCH3 is 1. The third-order valence-electron chi connectivity index (χ3n) is 9.05. The first kappa shape index (κ1) is 29.0. The maximum absolute atomic E-state index is 14.4. The molecule has 3 aliphatic rings. The first-order valence-electron chi connectivity index (χ1n) is 13.1. The highest BCUT2D eigenvalue weighted by molar-refractivity contribution is 6.25. The number of carbonyl (C=O) groups is 4. The highest BCUT2D eigenvalue weighted by Crippen LogP contribution is 2.58. The zero-order valence-corrected chi connectivity index (χ0v) is 23.5. The van der Waals surface area contributed by atoms with Crippen LogP contribution in [0.2, 0.25) is 0 Å². The Balaban J connectivity index is 1.77. The summed E-state index contributed by atoms with van der Waals surface area (Å²) in [6, 6.07) is 8.15. The van der Waals surface area contributed by atoms with Crippen LogP contribution in [0, 0.1) is 5.41 Å². The zero-order valence-electron chi connectivity index (χ0n) is 23.5. The van der Waals surface area contributed by atoms with Crippen LogP contribution in [0.3, 0.4) is 0 Å². The summed E-state index contributed by atoms with van der Waals surface area (Å²) in [5.74, 6) is -5.31. The largest absolute Gasteiger partial charge is 0.510 e. The van der Waals surface area contributed by atoms with Gasteiger partial charge in [-0.3, -0.25) is 19.3 Å². The summed E-state index contributed by atoms with van der Waals surface area (Å²) >= 11 is 0. The minimum absolute atomic E-state index is 0.0308. The van der Waals surface area contributed by atoms with Crippen molar-refractivity contribution in [2.75, 3.05) is 21.2 Å². The molecule has 1 amide bonds. The maximum atomic E-state index is 14.4. The van der Waals surface area contributed by atoms with E-state index < -0.39 is 63.1 Å². The number of Topliss-reactive ketones (excluding diaryl/α,β-unsaturated/α-hetero) is 2. The Morgan fingerprint density at radius 2 is 1.64 bits per heavy atom. The van der Waals surface area contributed by atoms with Crippen LogP contribution >= 0.6 is 0 Å². The van der Waals surface area contributed by atoms with Gasteiger partial charge in [-0.15, -0.1) is 0 Å². The number of benzene rings is 2. The first-order valence-corrected chi connectivity index (χ1v) is 13.1. The van der Waals surface area contributed by atoms with Crippen molar-refractivity contribution >= 4 is 29.2 Å². The lowest BCUT2D eigenvalue weighted by molar-refractivity contribution is -0.142. The molecule has 12 nitrogen and oxygen atoms in total. The van der Waals surface area contributed by atoms with Gasteiger partial charge < -0.3 is 37.3 Å². The van der Waals surface area contributed by atoms with E-state index in [0.29, 0.717) is 22.3 Å². The molecule has 3 aliphatic carbocycles. The lowest BCUT2D eigenvalue weighted by atomic mass is 9.47. The summed E-state index contributed by atoms with van der Waals surface area (Å²) < 4.78 is 4.76. The second kappa shape index (κ2) is 9.24. The minimum atomic E-state index is -2.08. The SMILES string of the molecule is COC(=O)c1ccc(-c2ccc(O)c3c2C[C@@]2(N)C[C@@]4(N)[C@H](N(C)C)C(=O)C(C(N)=O)=C(O)[C@@]4(C)C(=O)C2=C3O)cc1. The number of aromatic hydroxyl groups is 1. The molecule has 0 radical (unpaired) electrons. The molecule has 0 aliphatic heterocycles. The molecule has 0 aromatic heterocycles. The number of esters is 1. The topological polar surface area (TPSA) is 219 Å². The number of hydrogen-bond donors (Lipinski definition) is 6. The molecule has 12 heteroatoms. The predicted octanol–water partition coefficient (Wildman–Crippen LogP) is 0.855. The molecule has 220 valence electrons. The average Bonchev–Trinajstić information content (AvgIpc) is 2.90. The Morgan fingerprint density at radius 1 is 1.02 bits per heavy atom. The van der Waals surface area contributed by atoms with Gasteiger partial charge >= 0.3 is 5.97 Å². The summed E-state index contributed by atoms with van der Waals surface area (Å²) in [5.41, 5.74) is 14.6. The number of amides is 1. The van der Waals surface area contributed by atoms with Gasteiger partial charge in [0, 0.05) is 0 Å². The van der Waals surface area contributed by atoms with Gasteiger partial charge in [-0.25, -0.2) is 4.79 Å². The summed E-state index contributed by atoms with van der Waals surface area (Å²) in [5, 5.41) is 33.8. The number of hydrogen-bond acceptors (Lipinski definition) is 11. The van der Waals surface area contributed by atoms with E-state index in [1.807, 2.05) is 0 Å². The average molecular weight is 577 g/mol. The van der Waals surface area contributed by atoms with Crippen molar-refractivity contribution in [1.29, 1.82) is 0 Å². The van der Waals surface area contributed by atoms with Crippen molar-refractivity contribution in [2.24, 2.45) is 22.6 Å². The van der Waals surface area contributed by atoms with E-state index in [-0.39, 0.29) is 29.7 Å². The molecule has 2 aromatic rings. The highest BCUT2D eigenvalue weighted by Gasteiger charge is 2.71. The van der Waals surface area contributed by atoms with Crippen LogP contribution in [0.15, 0.2) is 53.3 Å². The van der Waals surface area contributed by atoms with Gasteiger partial charge in [0.1, 0.15) is 28.3 Å². The standard InChI is InChI=1S/C30H32N4O8/c1-28-24(38)19(26(31)40)22(37)23(34(2)3)30(28,33)12-29(32)11-16-15(13-5-7-14(8-6-13)27(41)42-4)9-10-17(35)18(16)21(36)20(29)25(28)39/h5-10,23,35-36,38H,11-12,32-33H2,1-4H3,(H2,31,40)/t23-,28+,29-,30-/m1/s1. The van der Waals surface area contributed by atoms with Crippen LogP contribution < -0.4 is 17.2 Å². The predicted molar refractivity (Wildman–Crippen MR) is 151 cm³/mol. The van der Waals surface area contributed by atoms with Crippen molar-refractivity contribution < 1.29 is 39.2 Å².